The van der Waals surface area contributed by atoms with Gasteiger partial charge in [0.25, 0.3) is 0 Å². The van der Waals surface area contributed by atoms with Crippen LogP contribution in [0.4, 0.5) is 0 Å². The van der Waals surface area contributed by atoms with Crippen molar-refractivity contribution < 1.29 is 0 Å². The minimum absolute atomic E-state index is 0.607. The summed E-state index contributed by atoms with van der Waals surface area (Å²) in [6.45, 7) is 6.52. The third-order valence-corrected chi connectivity index (χ3v) is 4.81. The van der Waals surface area contributed by atoms with Gasteiger partial charge in [-0.1, -0.05) is 38.3 Å². The van der Waals surface area contributed by atoms with Crippen LogP contribution in [0.25, 0.3) is 0 Å². The van der Waals surface area contributed by atoms with E-state index in [2.05, 4.69) is 38.2 Å². The Labute approximate surface area is 120 Å². The Balaban J connectivity index is 2.42. The summed E-state index contributed by atoms with van der Waals surface area (Å²) in [6, 6.07) is 2.65. The zero-order valence-corrected chi connectivity index (χ0v) is 13.4. The molecule has 0 aliphatic rings. The first-order valence-electron chi connectivity index (χ1n) is 6.68. The lowest BCUT2D eigenvalue weighted by Gasteiger charge is -2.31. The second-order valence-corrected chi connectivity index (χ2v) is 6.40. The van der Waals surface area contributed by atoms with Gasteiger partial charge in [-0.05, 0) is 26.1 Å². The molecule has 0 radical (unpaired) electrons. The smallest absolute Gasteiger partial charge is 0.0516 e. The fourth-order valence-electron chi connectivity index (χ4n) is 2.39. The van der Waals surface area contributed by atoms with E-state index in [0.29, 0.717) is 6.04 Å². The molecule has 1 aromatic rings. The number of halogens is 1. The molecule has 0 fully saturated rings. The molecule has 4 heteroatoms. The normalized spacial score (nSPS) is 13.5. The lowest BCUT2D eigenvalue weighted by molar-refractivity contribution is 0.194. The zero-order chi connectivity index (χ0) is 13.5. The van der Waals surface area contributed by atoms with Crippen molar-refractivity contribution in [1.29, 1.82) is 0 Å². The summed E-state index contributed by atoms with van der Waals surface area (Å²) < 4.78 is 0. The highest BCUT2D eigenvalue weighted by Gasteiger charge is 2.19. The van der Waals surface area contributed by atoms with Gasteiger partial charge in [0.05, 0.1) is 5.02 Å². The van der Waals surface area contributed by atoms with Crippen LogP contribution in [0.3, 0.4) is 0 Å². The maximum atomic E-state index is 5.92. The van der Waals surface area contributed by atoms with Gasteiger partial charge in [-0.25, -0.2) is 0 Å². The van der Waals surface area contributed by atoms with Gasteiger partial charge >= 0.3 is 0 Å². The Morgan fingerprint density at radius 3 is 2.44 bits per heavy atom. The van der Waals surface area contributed by atoms with Gasteiger partial charge in [0, 0.05) is 29.4 Å². The first-order valence-corrected chi connectivity index (χ1v) is 7.94. The third kappa shape index (κ3) is 4.88. The highest BCUT2D eigenvalue weighted by atomic mass is 35.5. The minimum atomic E-state index is 0.607. The maximum Gasteiger partial charge on any atom is 0.0516 e. The van der Waals surface area contributed by atoms with Gasteiger partial charge in [0.2, 0.25) is 0 Å². The fraction of sp³-hybridized carbons (Fsp3) is 0.714. The highest BCUT2D eigenvalue weighted by molar-refractivity contribution is 7.10. The number of thiophene rings is 1. The fourth-order valence-corrected chi connectivity index (χ4v) is 3.44. The molecule has 0 saturated heterocycles. The molecule has 1 aromatic heterocycles. The molecule has 1 N–H and O–H groups in total. The average molecular weight is 289 g/mol. The van der Waals surface area contributed by atoms with Crippen molar-refractivity contribution in [3.63, 3.8) is 0 Å². The van der Waals surface area contributed by atoms with Gasteiger partial charge < -0.3 is 10.2 Å². The molecule has 18 heavy (non-hydrogen) atoms. The molecule has 0 bridgehead atoms. The van der Waals surface area contributed by atoms with Gasteiger partial charge in [-0.3, -0.25) is 0 Å². The molecule has 1 unspecified atom stereocenters. The topological polar surface area (TPSA) is 15.3 Å². The van der Waals surface area contributed by atoms with Crippen molar-refractivity contribution in [2.45, 2.75) is 39.3 Å². The molecule has 0 aromatic carbocycles. The van der Waals surface area contributed by atoms with E-state index < -0.39 is 0 Å². The predicted octanol–water partition coefficient (Wildman–Crippen LogP) is 3.86. The number of hydrogen-bond acceptors (Lipinski definition) is 3. The van der Waals surface area contributed by atoms with E-state index in [1.54, 1.807) is 11.3 Å². The Kier molecular flexibility index (Phi) is 7.23. The number of hydrogen-bond donors (Lipinski definition) is 1. The van der Waals surface area contributed by atoms with Gasteiger partial charge in [0.1, 0.15) is 0 Å². The SMILES string of the molecule is CCC(CC)C(CNCc1cc(Cl)cs1)N(C)C. The van der Waals surface area contributed by atoms with Crippen LogP contribution >= 0.6 is 22.9 Å². The van der Waals surface area contributed by atoms with Crippen LogP contribution in [0, 0.1) is 5.92 Å². The van der Waals surface area contributed by atoms with E-state index in [1.807, 2.05) is 11.4 Å². The van der Waals surface area contributed by atoms with E-state index in [4.69, 9.17) is 11.6 Å². The van der Waals surface area contributed by atoms with E-state index in [-0.39, 0.29) is 0 Å². The summed E-state index contributed by atoms with van der Waals surface area (Å²) in [5.74, 6) is 0.763. The van der Waals surface area contributed by atoms with E-state index in [9.17, 15) is 0 Å². The predicted molar refractivity (Wildman–Crippen MR) is 82.6 cm³/mol. The number of likely N-dealkylation sites (N-methyl/N-ethyl adjacent to an activating group) is 1. The Morgan fingerprint density at radius 2 is 2.00 bits per heavy atom. The highest BCUT2D eigenvalue weighted by Crippen LogP contribution is 2.19. The van der Waals surface area contributed by atoms with Crippen molar-refractivity contribution in [3.05, 3.63) is 21.3 Å². The molecule has 1 heterocycles. The molecule has 0 aliphatic carbocycles. The molecule has 104 valence electrons. The molecule has 0 spiro atoms. The minimum Gasteiger partial charge on any atom is -0.310 e. The first-order chi connectivity index (χ1) is 8.58. The van der Waals surface area contributed by atoms with Crippen molar-refractivity contribution in [3.8, 4) is 0 Å². The quantitative estimate of drug-likeness (QED) is 0.781. The van der Waals surface area contributed by atoms with Crippen LogP contribution < -0.4 is 5.32 Å². The van der Waals surface area contributed by atoms with Crippen molar-refractivity contribution in [1.82, 2.24) is 10.2 Å². The second-order valence-electron chi connectivity index (χ2n) is 4.97. The summed E-state index contributed by atoms with van der Waals surface area (Å²) in [4.78, 5) is 3.65. The van der Waals surface area contributed by atoms with Crippen LogP contribution in [0.5, 0.6) is 0 Å². The molecule has 1 rings (SSSR count). The second kappa shape index (κ2) is 8.16. The largest absolute Gasteiger partial charge is 0.310 e. The van der Waals surface area contributed by atoms with Crippen LogP contribution in [0.15, 0.2) is 11.4 Å². The van der Waals surface area contributed by atoms with Gasteiger partial charge in [-0.15, -0.1) is 11.3 Å². The summed E-state index contributed by atoms with van der Waals surface area (Å²) in [5, 5.41) is 6.39. The zero-order valence-electron chi connectivity index (χ0n) is 11.9. The van der Waals surface area contributed by atoms with Crippen molar-refractivity contribution >= 4 is 22.9 Å². The molecule has 0 aliphatic heterocycles. The number of nitrogens with one attached hydrogen (secondary N) is 1. The summed E-state index contributed by atoms with van der Waals surface area (Å²) in [7, 11) is 4.35. The van der Waals surface area contributed by atoms with Crippen LogP contribution in [0.2, 0.25) is 5.02 Å². The Hall–Kier alpha value is -0.0900. The standard InChI is InChI=1S/C14H25ClN2S/c1-5-11(6-2)14(17(3)4)9-16-8-13-7-12(15)10-18-13/h7,10-11,14,16H,5-6,8-9H2,1-4H3. The summed E-state index contributed by atoms with van der Waals surface area (Å²) >= 11 is 7.64. The Bertz CT molecular complexity index is 334. The van der Waals surface area contributed by atoms with Crippen molar-refractivity contribution in [2.24, 2.45) is 5.92 Å². The number of rotatable bonds is 8. The van der Waals surface area contributed by atoms with Crippen LogP contribution in [0.1, 0.15) is 31.6 Å². The van der Waals surface area contributed by atoms with Gasteiger partial charge in [-0.2, -0.15) is 0 Å². The summed E-state index contributed by atoms with van der Waals surface area (Å²) in [6.07, 6.45) is 2.48. The van der Waals surface area contributed by atoms with E-state index in [0.717, 1.165) is 24.0 Å². The van der Waals surface area contributed by atoms with Gasteiger partial charge in [0.15, 0.2) is 0 Å². The first kappa shape index (κ1) is 16.0. The lowest BCUT2D eigenvalue weighted by atomic mass is 9.93. The van der Waals surface area contributed by atoms with Crippen LogP contribution in [-0.2, 0) is 6.54 Å². The van der Waals surface area contributed by atoms with Crippen LogP contribution in [-0.4, -0.2) is 31.6 Å². The third-order valence-electron chi connectivity index (χ3n) is 3.53. The van der Waals surface area contributed by atoms with Crippen molar-refractivity contribution in [2.75, 3.05) is 20.6 Å². The average Bonchev–Trinajstić information content (AvgIpc) is 2.74. The van der Waals surface area contributed by atoms with E-state index >= 15 is 0 Å². The molecule has 1 atom stereocenters. The molecule has 0 saturated carbocycles. The molecule has 0 amide bonds. The summed E-state index contributed by atoms with van der Waals surface area (Å²) in [5.41, 5.74) is 0. The lowest BCUT2D eigenvalue weighted by Crippen LogP contribution is -2.42. The Morgan fingerprint density at radius 1 is 1.33 bits per heavy atom. The molecule has 2 nitrogen and oxygen atoms in total. The molecular weight excluding hydrogens is 264 g/mol. The monoisotopic (exact) mass is 288 g/mol. The maximum absolute atomic E-state index is 5.92. The van der Waals surface area contributed by atoms with E-state index in [1.165, 1.54) is 17.7 Å². The number of nitrogens with zero attached hydrogens (tertiary/aromatic N) is 1. The molecular formula is C14H25ClN2S.